The lowest BCUT2D eigenvalue weighted by Crippen LogP contribution is -2.25. The van der Waals surface area contributed by atoms with E-state index in [1.165, 1.54) is 17.2 Å². The molecule has 0 aliphatic carbocycles. The highest BCUT2D eigenvalue weighted by Crippen LogP contribution is 2.22. The second kappa shape index (κ2) is 7.89. The molecule has 2 aromatic rings. The van der Waals surface area contributed by atoms with Gasteiger partial charge in [0, 0.05) is 18.4 Å². The highest BCUT2D eigenvalue weighted by atomic mass is 19.1. The Labute approximate surface area is 126 Å². The van der Waals surface area contributed by atoms with Crippen LogP contribution in [0.1, 0.15) is 43.0 Å². The molecule has 0 saturated carbocycles. The first-order valence-electron chi connectivity index (χ1n) is 7.65. The first-order chi connectivity index (χ1) is 10.2. The van der Waals surface area contributed by atoms with E-state index in [0.29, 0.717) is 0 Å². The number of pyridine rings is 1. The van der Waals surface area contributed by atoms with Crippen molar-refractivity contribution in [2.75, 3.05) is 6.54 Å². The minimum Gasteiger partial charge on any atom is -0.310 e. The topological polar surface area (TPSA) is 24.9 Å². The number of benzene rings is 1. The third-order valence-corrected chi connectivity index (χ3v) is 3.67. The van der Waals surface area contributed by atoms with Crippen LogP contribution in [-0.2, 0) is 12.8 Å². The molecule has 0 aliphatic rings. The molecular weight excluding hydrogens is 263 g/mol. The highest BCUT2D eigenvalue weighted by molar-refractivity contribution is 5.29. The van der Waals surface area contributed by atoms with Gasteiger partial charge in [0.25, 0.3) is 0 Å². The molecule has 0 radical (unpaired) electrons. The molecule has 1 heterocycles. The summed E-state index contributed by atoms with van der Waals surface area (Å²) in [5.41, 5.74) is 3.54. The normalized spacial score (nSPS) is 12.3. The van der Waals surface area contributed by atoms with Crippen LogP contribution in [0.3, 0.4) is 0 Å². The van der Waals surface area contributed by atoms with Crippen molar-refractivity contribution >= 4 is 0 Å². The van der Waals surface area contributed by atoms with E-state index in [1.807, 2.05) is 18.5 Å². The molecule has 2 nitrogen and oxygen atoms in total. The summed E-state index contributed by atoms with van der Waals surface area (Å²) in [5.74, 6) is -0.174. The summed E-state index contributed by atoms with van der Waals surface area (Å²) in [6.07, 6.45) is 6.58. The largest absolute Gasteiger partial charge is 0.310 e. The third kappa shape index (κ3) is 4.36. The van der Waals surface area contributed by atoms with Gasteiger partial charge in [0.2, 0.25) is 0 Å². The smallest absolute Gasteiger partial charge is 0.123 e. The Balaban J connectivity index is 2.25. The first kappa shape index (κ1) is 15.6. The van der Waals surface area contributed by atoms with Gasteiger partial charge in [0.15, 0.2) is 0 Å². The fraction of sp³-hybridized carbons (Fsp3) is 0.389. The zero-order chi connectivity index (χ0) is 15.1. The Morgan fingerprint density at radius 3 is 2.81 bits per heavy atom. The minimum atomic E-state index is -0.174. The molecule has 1 N–H and O–H groups in total. The monoisotopic (exact) mass is 286 g/mol. The maximum Gasteiger partial charge on any atom is 0.123 e. The second-order valence-corrected chi connectivity index (χ2v) is 5.27. The van der Waals surface area contributed by atoms with Gasteiger partial charge in [0.1, 0.15) is 5.82 Å². The average Bonchev–Trinajstić information content (AvgIpc) is 2.51. The molecule has 0 fully saturated rings. The van der Waals surface area contributed by atoms with Gasteiger partial charge in [-0.2, -0.15) is 0 Å². The number of hydrogen-bond acceptors (Lipinski definition) is 2. The maximum atomic E-state index is 13.4. The number of aromatic nitrogens is 1. The molecule has 1 unspecified atom stereocenters. The van der Waals surface area contributed by atoms with E-state index in [1.54, 1.807) is 12.1 Å². The Bertz CT molecular complexity index is 569. The Morgan fingerprint density at radius 2 is 2.10 bits per heavy atom. The quantitative estimate of drug-likeness (QED) is 0.830. The SMILES string of the molecule is CCCNC(Cc1cccc(F)c1)c1ccncc1CC. The van der Waals surface area contributed by atoms with E-state index in [2.05, 4.69) is 30.2 Å². The van der Waals surface area contributed by atoms with Crippen LogP contribution in [0.25, 0.3) is 0 Å². The van der Waals surface area contributed by atoms with E-state index >= 15 is 0 Å². The molecule has 3 heteroatoms. The van der Waals surface area contributed by atoms with Gasteiger partial charge in [-0.3, -0.25) is 4.98 Å². The van der Waals surface area contributed by atoms with E-state index in [4.69, 9.17) is 0 Å². The molecule has 0 bridgehead atoms. The Hall–Kier alpha value is -1.74. The van der Waals surface area contributed by atoms with E-state index in [-0.39, 0.29) is 11.9 Å². The van der Waals surface area contributed by atoms with Gasteiger partial charge in [-0.1, -0.05) is 26.0 Å². The zero-order valence-corrected chi connectivity index (χ0v) is 12.8. The lowest BCUT2D eigenvalue weighted by Gasteiger charge is -2.21. The van der Waals surface area contributed by atoms with E-state index < -0.39 is 0 Å². The lowest BCUT2D eigenvalue weighted by atomic mass is 9.95. The highest BCUT2D eigenvalue weighted by Gasteiger charge is 2.15. The molecule has 1 aromatic heterocycles. The predicted molar refractivity (Wildman–Crippen MR) is 84.8 cm³/mol. The van der Waals surface area contributed by atoms with Gasteiger partial charge in [-0.25, -0.2) is 4.39 Å². The van der Waals surface area contributed by atoms with Gasteiger partial charge in [-0.15, -0.1) is 0 Å². The Kier molecular flexibility index (Phi) is 5.88. The first-order valence-corrected chi connectivity index (χ1v) is 7.65. The summed E-state index contributed by atoms with van der Waals surface area (Å²) in [6.45, 7) is 5.24. The third-order valence-electron chi connectivity index (χ3n) is 3.67. The molecule has 21 heavy (non-hydrogen) atoms. The summed E-state index contributed by atoms with van der Waals surface area (Å²) in [6, 6.07) is 9.14. The van der Waals surface area contributed by atoms with Crippen molar-refractivity contribution < 1.29 is 4.39 Å². The average molecular weight is 286 g/mol. The summed E-state index contributed by atoms with van der Waals surface area (Å²) >= 11 is 0. The van der Waals surface area contributed by atoms with Gasteiger partial charge in [-0.05, 0) is 60.7 Å². The van der Waals surface area contributed by atoms with Gasteiger partial charge < -0.3 is 5.32 Å². The predicted octanol–water partition coefficient (Wildman–Crippen LogP) is 4.07. The molecule has 1 atom stereocenters. The number of rotatable bonds is 7. The molecule has 0 spiro atoms. The van der Waals surface area contributed by atoms with Crippen LogP contribution >= 0.6 is 0 Å². The summed E-state index contributed by atoms with van der Waals surface area (Å²) < 4.78 is 13.4. The van der Waals surface area contributed by atoms with Crippen LogP contribution in [0, 0.1) is 5.82 Å². The maximum absolute atomic E-state index is 13.4. The van der Waals surface area contributed by atoms with Crippen LogP contribution < -0.4 is 5.32 Å². The minimum absolute atomic E-state index is 0.174. The number of nitrogens with one attached hydrogen (secondary N) is 1. The van der Waals surface area contributed by atoms with Crippen LogP contribution in [0.4, 0.5) is 4.39 Å². The van der Waals surface area contributed by atoms with Crippen LogP contribution in [0.5, 0.6) is 0 Å². The fourth-order valence-corrected chi connectivity index (χ4v) is 2.58. The summed E-state index contributed by atoms with van der Waals surface area (Å²) in [4.78, 5) is 4.21. The second-order valence-electron chi connectivity index (χ2n) is 5.27. The van der Waals surface area contributed by atoms with Crippen molar-refractivity contribution in [1.82, 2.24) is 10.3 Å². The van der Waals surface area contributed by atoms with E-state index in [9.17, 15) is 4.39 Å². The number of halogens is 1. The van der Waals surface area contributed by atoms with Crippen molar-refractivity contribution in [3.8, 4) is 0 Å². The van der Waals surface area contributed by atoms with E-state index in [0.717, 1.165) is 31.4 Å². The standard InChI is InChI=1S/C18H23FN2/c1-3-9-21-18(12-14-6-5-7-16(19)11-14)17-8-10-20-13-15(17)4-2/h5-8,10-11,13,18,21H,3-4,9,12H2,1-2H3. The number of hydrogen-bond donors (Lipinski definition) is 1. The van der Waals surface area contributed by atoms with Gasteiger partial charge >= 0.3 is 0 Å². The van der Waals surface area contributed by atoms with Crippen LogP contribution in [0.2, 0.25) is 0 Å². The van der Waals surface area contributed by atoms with Crippen molar-refractivity contribution in [2.24, 2.45) is 0 Å². The summed E-state index contributed by atoms with van der Waals surface area (Å²) in [7, 11) is 0. The molecule has 0 amide bonds. The fourth-order valence-electron chi connectivity index (χ4n) is 2.58. The van der Waals surface area contributed by atoms with Gasteiger partial charge in [0.05, 0.1) is 0 Å². The zero-order valence-electron chi connectivity index (χ0n) is 12.8. The van der Waals surface area contributed by atoms with Crippen LogP contribution in [0.15, 0.2) is 42.7 Å². The molecule has 0 aliphatic heterocycles. The van der Waals surface area contributed by atoms with Crippen molar-refractivity contribution in [2.45, 2.75) is 39.2 Å². The molecule has 1 aromatic carbocycles. The Morgan fingerprint density at radius 1 is 1.24 bits per heavy atom. The van der Waals surface area contributed by atoms with Crippen molar-refractivity contribution in [1.29, 1.82) is 0 Å². The van der Waals surface area contributed by atoms with Crippen molar-refractivity contribution in [3.63, 3.8) is 0 Å². The molecular formula is C18H23FN2. The molecule has 112 valence electrons. The number of nitrogens with zero attached hydrogens (tertiary/aromatic N) is 1. The molecule has 0 saturated heterocycles. The summed E-state index contributed by atoms with van der Waals surface area (Å²) in [5, 5.41) is 3.58. The lowest BCUT2D eigenvalue weighted by molar-refractivity contribution is 0.523. The molecule has 2 rings (SSSR count). The number of aryl methyl sites for hydroxylation is 1. The van der Waals surface area contributed by atoms with Crippen molar-refractivity contribution in [3.05, 3.63) is 65.2 Å². The van der Waals surface area contributed by atoms with Crippen LogP contribution in [-0.4, -0.2) is 11.5 Å².